The van der Waals surface area contributed by atoms with Gasteiger partial charge in [0.2, 0.25) is 0 Å². The Morgan fingerprint density at radius 1 is 0.900 bits per heavy atom. The number of allylic oxidation sites excluding steroid dienone is 8. The number of hydrogen-bond acceptors (Lipinski definition) is 2. The maximum atomic E-state index is 4.89. The first-order chi connectivity index (χ1) is 9.92. The molecular weight excluding hydrogens is 244 g/mol. The number of hydrogen-bond donors (Lipinski definition) is 0. The zero-order valence-electron chi connectivity index (χ0n) is 10.8. The van der Waals surface area contributed by atoms with Gasteiger partial charge in [0.1, 0.15) is 0 Å². The van der Waals surface area contributed by atoms with Crippen LogP contribution in [0.1, 0.15) is 17.3 Å². The van der Waals surface area contributed by atoms with E-state index in [4.69, 9.17) is 9.97 Å². The molecule has 0 amide bonds. The zero-order chi connectivity index (χ0) is 13.1. The summed E-state index contributed by atoms with van der Waals surface area (Å²) in [6.45, 7) is 0. The lowest BCUT2D eigenvalue weighted by Gasteiger charge is -2.24. The fraction of sp³-hybridized carbons (Fsp3) is 0.111. The van der Waals surface area contributed by atoms with Crippen LogP contribution in [0, 0.1) is 5.92 Å². The highest BCUT2D eigenvalue weighted by atomic mass is 14.9. The Morgan fingerprint density at radius 2 is 1.75 bits per heavy atom. The Bertz CT molecular complexity index is 868. The Balaban J connectivity index is 1.87. The van der Waals surface area contributed by atoms with Crippen LogP contribution in [-0.4, -0.2) is 9.97 Å². The van der Waals surface area contributed by atoms with Crippen molar-refractivity contribution in [2.45, 2.75) is 5.92 Å². The van der Waals surface area contributed by atoms with Gasteiger partial charge < -0.3 is 0 Å². The van der Waals surface area contributed by atoms with Gasteiger partial charge in [-0.1, -0.05) is 48.6 Å². The van der Waals surface area contributed by atoms with Gasteiger partial charge in [-0.05, 0) is 23.3 Å². The average Bonchev–Trinajstić information content (AvgIpc) is 2.82. The second kappa shape index (κ2) is 3.54. The van der Waals surface area contributed by atoms with Crippen LogP contribution in [0.4, 0.5) is 0 Å². The molecule has 20 heavy (non-hydrogen) atoms. The molecule has 0 unspecified atom stereocenters. The van der Waals surface area contributed by atoms with Crippen LogP contribution < -0.4 is 0 Å². The summed E-state index contributed by atoms with van der Waals surface area (Å²) >= 11 is 0. The Labute approximate surface area is 116 Å². The number of benzene rings is 1. The summed E-state index contributed by atoms with van der Waals surface area (Å²) < 4.78 is 0. The minimum absolute atomic E-state index is 0.346. The van der Waals surface area contributed by atoms with Crippen molar-refractivity contribution in [3.8, 4) is 0 Å². The largest absolute Gasteiger partial charge is 0.248 e. The van der Waals surface area contributed by atoms with Crippen LogP contribution >= 0.6 is 0 Å². The number of rotatable bonds is 0. The molecule has 0 spiro atoms. The highest BCUT2D eigenvalue weighted by Crippen LogP contribution is 2.51. The van der Waals surface area contributed by atoms with E-state index in [2.05, 4.69) is 36.5 Å². The predicted octanol–water partition coefficient (Wildman–Crippen LogP) is 3.79. The van der Waals surface area contributed by atoms with Crippen LogP contribution in [0.25, 0.3) is 16.6 Å². The Kier molecular flexibility index (Phi) is 1.83. The summed E-state index contributed by atoms with van der Waals surface area (Å²) in [7, 11) is 0. The molecule has 1 aromatic heterocycles. The zero-order valence-corrected chi connectivity index (χ0v) is 10.8. The first-order valence-electron chi connectivity index (χ1n) is 6.95. The summed E-state index contributed by atoms with van der Waals surface area (Å²) in [6, 6.07) is 8.12. The standard InChI is InChI=1S/C18H12N2/c1-2-10-15-14(9-1)19-17-12-7-3-5-11-6-4-8-13(16(11)12)18(17)20-15/h1-10,12,16H/t12-,16-/m1/s1. The van der Waals surface area contributed by atoms with Crippen molar-refractivity contribution < 1.29 is 0 Å². The molecule has 5 rings (SSSR count). The lowest BCUT2D eigenvalue weighted by molar-refractivity contribution is 0.707. The van der Waals surface area contributed by atoms with Crippen molar-refractivity contribution >= 4 is 16.6 Å². The molecular formula is C18H12N2. The van der Waals surface area contributed by atoms with E-state index >= 15 is 0 Å². The lowest BCUT2D eigenvalue weighted by Crippen LogP contribution is -2.12. The van der Waals surface area contributed by atoms with Crippen LogP contribution in [0.15, 0.2) is 66.3 Å². The fourth-order valence-corrected chi connectivity index (χ4v) is 3.54. The number of nitrogens with zero attached hydrogens (tertiary/aromatic N) is 2. The second-order valence-electron chi connectivity index (χ2n) is 5.48. The van der Waals surface area contributed by atoms with Crippen LogP contribution in [0.2, 0.25) is 0 Å². The quantitative estimate of drug-likeness (QED) is 0.716. The van der Waals surface area contributed by atoms with Crippen molar-refractivity contribution in [2.75, 3.05) is 0 Å². The molecule has 0 saturated heterocycles. The van der Waals surface area contributed by atoms with Gasteiger partial charge >= 0.3 is 0 Å². The first-order valence-corrected chi connectivity index (χ1v) is 6.95. The molecule has 3 aliphatic carbocycles. The maximum Gasteiger partial charge on any atom is 0.0897 e. The third kappa shape index (κ3) is 1.19. The fourth-order valence-electron chi connectivity index (χ4n) is 3.54. The van der Waals surface area contributed by atoms with Gasteiger partial charge in [0.05, 0.1) is 22.4 Å². The van der Waals surface area contributed by atoms with E-state index in [0.717, 1.165) is 22.4 Å². The maximum absolute atomic E-state index is 4.89. The third-order valence-electron chi connectivity index (χ3n) is 4.41. The molecule has 2 nitrogen and oxygen atoms in total. The Morgan fingerprint density at radius 3 is 2.65 bits per heavy atom. The molecule has 2 aromatic rings. The smallest absolute Gasteiger partial charge is 0.0897 e. The molecule has 1 aromatic carbocycles. The summed E-state index contributed by atoms with van der Waals surface area (Å²) in [5.41, 5.74) is 6.88. The minimum atomic E-state index is 0.346. The van der Waals surface area contributed by atoms with E-state index in [0.29, 0.717) is 11.8 Å². The molecule has 1 heterocycles. The summed E-state index contributed by atoms with van der Waals surface area (Å²) in [5, 5.41) is 0. The molecule has 0 aliphatic heterocycles. The third-order valence-corrected chi connectivity index (χ3v) is 4.41. The predicted molar refractivity (Wildman–Crippen MR) is 80.1 cm³/mol. The van der Waals surface area contributed by atoms with Gasteiger partial charge in [-0.2, -0.15) is 0 Å². The van der Waals surface area contributed by atoms with Gasteiger partial charge in [0.25, 0.3) is 0 Å². The molecule has 3 aliphatic rings. The van der Waals surface area contributed by atoms with E-state index < -0.39 is 0 Å². The van der Waals surface area contributed by atoms with Crippen molar-refractivity contribution in [2.24, 2.45) is 5.92 Å². The van der Waals surface area contributed by atoms with Gasteiger partial charge in [0, 0.05) is 11.8 Å². The normalized spacial score (nSPS) is 25.2. The molecule has 0 radical (unpaired) electrons. The summed E-state index contributed by atoms with van der Waals surface area (Å²) in [5.74, 6) is 0.759. The minimum Gasteiger partial charge on any atom is -0.248 e. The first kappa shape index (κ1) is 10.3. The van der Waals surface area contributed by atoms with Crippen LogP contribution in [0.3, 0.4) is 0 Å². The SMILES string of the molecule is C1=CC2=CC=C[C@H]3c4nc5ccccc5nc4C(=C1)[C@H]23. The van der Waals surface area contributed by atoms with Crippen molar-refractivity contribution in [1.29, 1.82) is 0 Å². The van der Waals surface area contributed by atoms with Crippen LogP contribution in [-0.2, 0) is 0 Å². The van der Waals surface area contributed by atoms with E-state index in [9.17, 15) is 0 Å². The highest BCUT2D eigenvalue weighted by molar-refractivity contribution is 5.84. The molecule has 0 fully saturated rings. The van der Waals surface area contributed by atoms with E-state index in [-0.39, 0.29) is 0 Å². The molecule has 0 saturated carbocycles. The van der Waals surface area contributed by atoms with Gasteiger partial charge in [-0.3, -0.25) is 0 Å². The number of fused-ring (bicyclic) bond motifs is 4. The topological polar surface area (TPSA) is 25.8 Å². The van der Waals surface area contributed by atoms with Crippen molar-refractivity contribution in [3.05, 3.63) is 77.7 Å². The van der Waals surface area contributed by atoms with Gasteiger partial charge in [-0.15, -0.1) is 0 Å². The lowest BCUT2D eigenvalue weighted by atomic mass is 9.79. The van der Waals surface area contributed by atoms with Gasteiger partial charge in [0.15, 0.2) is 0 Å². The molecule has 0 bridgehead atoms. The summed E-state index contributed by atoms with van der Waals surface area (Å²) in [6.07, 6.45) is 13.1. The molecule has 94 valence electrons. The monoisotopic (exact) mass is 256 g/mol. The van der Waals surface area contributed by atoms with E-state index in [1.54, 1.807) is 0 Å². The highest BCUT2D eigenvalue weighted by Gasteiger charge is 2.40. The molecule has 2 heteroatoms. The van der Waals surface area contributed by atoms with E-state index in [1.807, 2.05) is 24.3 Å². The van der Waals surface area contributed by atoms with Crippen molar-refractivity contribution in [3.63, 3.8) is 0 Å². The number of para-hydroxylation sites is 2. The Hall–Kier alpha value is -2.48. The van der Waals surface area contributed by atoms with Gasteiger partial charge in [-0.25, -0.2) is 9.97 Å². The molecule has 0 N–H and O–H groups in total. The van der Waals surface area contributed by atoms with Crippen molar-refractivity contribution in [1.82, 2.24) is 9.97 Å². The number of aromatic nitrogens is 2. The van der Waals surface area contributed by atoms with E-state index in [1.165, 1.54) is 11.1 Å². The second-order valence-corrected chi connectivity index (χ2v) is 5.48. The average molecular weight is 256 g/mol. The summed E-state index contributed by atoms with van der Waals surface area (Å²) in [4.78, 5) is 9.77. The molecule has 2 atom stereocenters. The van der Waals surface area contributed by atoms with Crippen LogP contribution in [0.5, 0.6) is 0 Å².